The molecule has 4 heterocycles. The molecule has 0 saturated carbocycles. The fourth-order valence-corrected chi connectivity index (χ4v) is 3.65. The molecule has 2 aliphatic rings. The average molecular weight is 357 g/mol. The van der Waals surface area contributed by atoms with E-state index in [0.717, 1.165) is 24.8 Å². The third-order valence-electron chi connectivity index (χ3n) is 5.14. The quantitative estimate of drug-likeness (QED) is 0.817. The molecule has 0 aliphatic carbocycles. The lowest BCUT2D eigenvalue weighted by Crippen LogP contribution is -2.46. The Hall–Kier alpha value is -2.32. The topological polar surface area (TPSA) is 82.4 Å². The molecule has 1 amide bonds. The number of piperidine rings is 1. The zero-order chi connectivity index (χ0) is 18.0. The van der Waals surface area contributed by atoms with E-state index in [1.165, 1.54) is 0 Å². The molecule has 138 valence electrons. The number of pyridine rings is 1. The first kappa shape index (κ1) is 17.1. The third-order valence-corrected chi connectivity index (χ3v) is 5.14. The van der Waals surface area contributed by atoms with E-state index in [2.05, 4.69) is 15.1 Å². The molecular weight excluding hydrogens is 334 g/mol. The second-order valence-corrected chi connectivity index (χ2v) is 7.03. The van der Waals surface area contributed by atoms with Gasteiger partial charge in [0.05, 0.1) is 24.9 Å². The molecule has 1 unspecified atom stereocenters. The summed E-state index contributed by atoms with van der Waals surface area (Å²) in [6, 6.07) is 3.92. The van der Waals surface area contributed by atoms with Gasteiger partial charge in [-0.05, 0) is 24.5 Å². The Morgan fingerprint density at radius 2 is 2.27 bits per heavy atom. The molecule has 1 spiro atoms. The lowest BCUT2D eigenvalue weighted by molar-refractivity contribution is -0.0414. The Balaban J connectivity index is 1.28. The molecule has 4 rings (SSSR count). The molecular formula is C18H23N5O3. The fraction of sp³-hybridized carbons (Fsp3) is 0.556. The van der Waals surface area contributed by atoms with Gasteiger partial charge in [-0.15, -0.1) is 5.10 Å². The summed E-state index contributed by atoms with van der Waals surface area (Å²) in [5.74, 6) is 0.149. The van der Waals surface area contributed by atoms with Gasteiger partial charge in [-0.3, -0.25) is 14.5 Å². The van der Waals surface area contributed by atoms with Gasteiger partial charge in [-0.1, -0.05) is 6.07 Å². The van der Waals surface area contributed by atoms with Crippen molar-refractivity contribution in [3.63, 3.8) is 0 Å². The molecule has 2 aromatic heterocycles. The van der Waals surface area contributed by atoms with Crippen molar-refractivity contribution in [2.75, 3.05) is 19.7 Å². The van der Waals surface area contributed by atoms with E-state index >= 15 is 0 Å². The molecule has 0 radical (unpaired) electrons. The largest absolute Gasteiger partial charge is 0.372 e. The van der Waals surface area contributed by atoms with Gasteiger partial charge >= 0.3 is 0 Å². The number of amides is 1. The SMILES string of the molecule is Cn1cnc(C(=O)N2CCC3(CC2)CC(OCc2cccnc2)CO3)n1. The predicted octanol–water partition coefficient (Wildman–Crippen LogP) is 1.19. The maximum absolute atomic E-state index is 12.5. The molecule has 2 aromatic rings. The van der Waals surface area contributed by atoms with Crippen LogP contribution in [-0.2, 0) is 23.1 Å². The molecule has 1 atom stereocenters. The van der Waals surface area contributed by atoms with Crippen molar-refractivity contribution in [2.24, 2.45) is 7.05 Å². The Kier molecular flexibility index (Phi) is 4.69. The van der Waals surface area contributed by atoms with Gasteiger partial charge in [0.25, 0.3) is 5.91 Å². The van der Waals surface area contributed by atoms with Crippen molar-refractivity contribution in [1.29, 1.82) is 0 Å². The summed E-state index contributed by atoms with van der Waals surface area (Å²) < 4.78 is 13.6. The number of carbonyl (C=O) groups excluding carboxylic acids is 1. The van der Waals surface area contributed by atoms with Crippen LogP contribution < -0.4 is 0 Å². The number of aryl methyl sites for hydroxylation is 1. The minimum Gasteiger partial charge on any atom is -0.372 e. The first-order valence-electron chi connectivity index (χ1n) is 8.93. The number of carbonyl (C=O) groups is 1. The minimum atomic E-state index is -0.173. The van der Waals surface area contributed by atoms with Crippen molar-refractivity contribution >= 4 is 5.91 Å². The number of hydrogen-bond acceptors (Lipinski definition) is 6. The van der Waals surface area contributed by atoms with Crippen molar-refractivity contribution in [3.05, 3.63) is 42.2 Å². The Morgan fingerprint density at radius 1 is 1.42 bits per heavy atom. The normalized spacial score (nSPS) is 22.0. The Morgan fingerprint density at radius 3 is 2.96 bits per heavy atom. The fourth-order valence-electron chi connectivity index (χ4n) is 3.65. The lowest BCUT2D eigenvalue weighted by Gasteiger charge is -2.38. The first-order chi connectivity index (χ1) is 12.6. The van der Waals surface area contributed by atoms with E-state index in [-0.39, 0.29) is 23.4 Å². The summed E-state index contributed by atoms with van der Waals surface area (Å²) in [4.78, 5) is 22.4. The van der Waals surface area contributed by atoms with Crippen LogP contribution in [0.2, 0.25) is 0 Å². The summed E-state index contributed by atoms with van der Waals surface area (Å²) >= 11 is 0. The van der Waals surface area contributed by atoms with Gasteiger partial charge in [0.2, 0.25) is 5.82 Å². The van der Waals surface area contributed by atoms with E-state index in [1.54, 1.807) is 24.3 Å². The van der Waals surface area contributed by atoms with Crippen LogP contribution in [0.25, 0.3) is 0 Å². The monoisotopic (exact) mass is 357 g/mol. The van der Waals surface area contributed by atoms with Crippen LogP contribution in [-0.4, -0.2) is 62.0 Å². The first-order valence-corrected chi connectivity index (χ1v) is 8.93. The highest BCUT2D eigenvalue weighted by molar-refractivity contribution is 5.90. The molecule has 0 aromatic carbocycles. The van der Waals surface area contributed by atoms with Crippen LogP contribution in [0, 0.1) is 0 Å². The van der Waals surface area contributed by atoms with E-state index < -0.39 is 0 Å². The number of ether oxygens (including phenoxy) is 2. The maximum Gasteiger partial charge on any atom is 0.293 e. The van der Waals surface area contributed by atoms with Gasteiger partial charge in [-0.2, -0.15) is 0 Å². The van der Waals surface area contributed by atoms with Crippen molar-refractivity contribution < 1.29 is 14.3 Å². The molecule has 0 N–H and O–H groups in total. The molecule has 0 bridgehead atoms. The van der Waals surface area contributed by atoms with E-state index in [4.69, 9.17) is 9.47 Å². The highest BCUT2D eigenvalue weighted by Gasteiger charge is 2.44. The second-order valence-electron chi connectivity index (χ2n) is 7.03. The second kappa shape index (κ2) is 7.13. The van der Waals surface area contributed by atoms with Crippen LogP contribution >= 0.6 is 0 Å². The van der Waals surface area contributed by atoms with Crippen LogP contribution in [0.4, 0.5) is 0 Å². The number of hydrogen-bond donors (Lipinski definition) is 0. The summed E-state index contributed by atoms with van der Waals surface area (Å²) in [6.45, 7) is 2.47. The molecule has 8 nitrogen and oxygen atoms in total. The predicted molar refractivity (Wildman–Crippen MR) is 92.3 cm³/mol. The van der Waals surface area contributed by atoms with Crippen LogP contribution in [0.3, 0.4) is 0 Å². The summed E-state index contributed by atoms with van der Waals surface area (Å²) in [7, 11) is 1.76. The van der Waals surface area contributed by atoms with E-state index in [0.29, 0.717) is 26.3 Å². The number of likely N-dealkylation sites (tertiary alicyclic amines) is 1. The molecule has 2 fully saturated rings. The lowest BCUT2D eigenvalue weighted by atomic mass is 9.88. The van der Waals surface area contributed by atoms with Crippen LogP contribution in [0.1, 0.15) is 35.4 Å². The zero-order valence-electron chi connectivity index (χ0n) is 14.9. The van der Waals surface area contributed by atoms with Gasteiger partial charge in [-0.25, -0.2) is 4.98 Å². The standard InChI is InChI=1S/C18H23N5O3/c1-22-13-20-16(21-22)17(24)23-7-4-18(5-8-23)9-15(12-26-18)25-11-14-3-2-6-19-10-14/h2-3,6,10,13,15H,4-5,7-9,11-12H2,1H3. The Bertz CT molecular complexity index is 755. The number of nitrogens with zero attached hydrogens (tertiary/aromatic N) is 5. The molecule has 8 heteroatoms. The summed E-state index contributed by atoms with van der Waals surface area (Å²) in [6.07, 6.45) is 7.72. The molecule has 26 heavy (non-hydrogen) atoms. The molecule has 2 aliphatic heterocycles. The number of aromatic nitrogens is 4. The average Bonchev–Trinajstić information content (AvgIpc) is 3.28. The van der Waals surface area contributed by atoms with E-state index in [9.17, 15) is 4.79 Å². The van der Waals surface area contributed by atoms with Crippen molar-refractivity contribution in [2.45, 2.75) is 37.6 Å². The van der Waals surface area contributed by atoms with Gasteiger partial charge in [0.1, 0.15) is 6.33 Å². The van der Waals surface area contributed by atoms with Crippen LogP contribution in [0.15, 0.2) is 30.9 Å². The van der Waals surface area contributed by atoms with Gasteiger partial charge in [0.15, 0.2) is 0 Å². The van der Waals surface area contributed by atoms with Crippen LogP contribution in [0.5, 0.6) is 0 Å². The maximum atomic E-state index is 12.5. The minimum absolute atomic E-state index is 0.0925. The highest BCUT2D eigenvalue weighted by Crippen LogP contribution is 2.37. The van der Waals surface area contributed by atoms with Crippen molar-refractivity contribution in [1.82, 2.24) is 24.6 Å². The smallest absolute Gasteiger partial charge is 0.293 e. The van der Waals surface area contributed by atoms with E-state index in [1.807, 2.05) is 23.2 Å². The van der Waals surface area contributed by atoms with Gasteiger partial charge in [0, 0.05) is 39.0 Å². The third kappa shape index (κ3) is 3.61. The highest BCUT2D eigenvalue weighted by atomic mass is 16.6. The summed E-state index contributed by atoms with van der Waals surface area (Å²) in [5.41, 5.74) is 0.894. The summed E-state index contributed by atoms with van der Waals surface area (Å²) in [5, 5.41) is 4.10. The van der Waals surface area contributed by atoms with Gasteiger partial charge < -0.3 is 14.4 Å². The van der Waals surface area contributed by atoms with Crippen molar-refractivity contribution in [3.8, 4) is 0 Å². The Labute approximate surface area is 152 Å². The number of rotatable bonds is 4. The zero-order valence-corrected chi connectivity index (χ0v) is 14.9. The molecule has 2 saturated heterocycles.